The summed E-state index contributed by atoms with van der Waals surface area (Å²) < 4.78 is 0. The van der Waals surface area contributed by atoms with Crippen molar-refractivity contribution in [1.82, 2.24) is 0 Å². The van der Waals surface area contributed by atoms with Crippen molar-refractivity contribution < 1.29 is 0 Å². The fourth-order valence-corrected chi connectivity index (χ4v) is 2.02. The predicted octanol–water partition coefficient (Wildman–Crippen LogP) is 2.82. The van der Waals surface area contributed by atoms with Crippen molar-refractivity contribution in [2.75, 3.05) is 0 Å². The molecule has 2 heteroatoms. The Kier molecular flexibility index (Phi) is 3.82. The number of benzene rings is 1. The average Bonchev–Trinajstić information content (AvgIpc) is 2.08. The van der Waals surface area contributed by atoms with Gasteiger partial charge in [-0.15, -0.1) is 11.8 Å². The molecule has 1 aromatic carbocycles. The van der Waals surface area contributed by atoms with E-state index in [-0.39, 0.29) is 6.04 Å². The second-order valence-electron chi connectivity index (χ2n) is 3.45. The van der Waals surface area contributed by atoms with Gasteiger partial charge in [-0.3, -0.25) is 0 Å². The van der Waals surface area contributed by atoms with Crippen molar-refractivity contribution in [2.24, 2.45) is 5.73 Å². The number of thioether (sulfide) groups is 1. The maximum atomic E-state index is 5.81. The van der Waals surface area contributed by atoms with Crippen LogP contribution in [0.3, 0.4) is 0 Å². The van der Waals surface area contributed by atoms with E-state index in [9.17, 15) is 0 Å². The number of aryl methyl sites for hydroxylation is 1. The second-order valence-corrected chi connectivity index (χ2v) is 4.87. The zero-order valence-electron chi connectivity index (χ0n) is 8.45. The van der Waals surface area contributed by atoms with Crippen molar-refractivity contribution in [3.63, 3.8) is 0 Å². The highest BCUT2D eigenvalue weighted by Gasteiger charge is 2.09. The lowest BCUT2D eigenvalue weighted by atomic mass is 10.2. The zero-order chi connectivity index (χ0) is 9.84. The highest BCUT2D eigenvalue weighted by Crippen LogP contribution is 2.27. The summed E-state index contributed by atoms with van der Waals surface area (Å²) in [4.78, 5) is 1.34. The maximum Gasteiger partial charge on any atom is 0.0215 e. The van der Waals surface area contributed by atoms with Gasteiger partial charge in [0.25, 0.3) is 0 Å². The maximum absolute atomic E-state index is 5.81. The van der Waals surface area contributed by atoms with Crippen molar-refractivity contribution in [3.05, 3.63) is 29.8 Å². The average molecular weight is 195 g/mol. The molecule has 0 bridgehead atoms. The quantitative estimate of drug-likeness (QED) is 0.751. The zero-order valence-corrected chi connectivity index (χ0v) is 9.27. The highest BCUT2D eigenvalue weighted by molar-refractivity contribution is 8.00. The van der Waals surface area contributed by atoms with Gasteiger partial charge < -0.3 is 5.73 Å². The van der Waals surface area contributed by atoms with E-state index in [4.69, 9.17) is 5.73 Å². The minimum atomic E-state index is 0.240. The molecule has 2 atom stereocenters. The van der Waals surface area contributed by atoms with Crippen LogP contribution in [0.2, 0.25) is 0 Å². The SMILES string of the molecule is Cc1ccccc1SC(C)C(C)N. The summed E-state index contributed by atoms with van der Waals surface area (Å²) in [5.41, 5.74) is 7.15. The first kappa shape index (κ1) is 10.6. The molecule has 0 fully saturated rings. The molecule has 1 rings (SSSR count). The van der Waals surface area contributed by atoms with Gasteiger partial charge in [-0.1, -0.05) is 25.1 Å². The molecule has 0 saturated heterocycles. The summed E-state index contributed by atoms with van der Waals surface area (Å²) in [6.45, 7) is 6.36. The molecule has 1 aromatic rings. The molecule has 1 nitrogen and oxygen atoms in total. The van der Waals surface area contributed by atoms with Crippen molar-refractivity contribution in [2.45, 2.75) is 37.0 Å². The van der Waals surface area contributed by atoms with Gasteiger partial charge in [0, 0.05) is 16.2 Å². The van der Waals surface area contributed by atoms with Crippen molar-refractivity contribution in [3.8, 4) is 0 Å². The number of rotatable bonds is 3. The van der Waals surface area contributed by atoms with Gasteiger partial charge in [-0.25, -0.2) is 0 Å². The topological polar surface area (TPSA) is 26.0 Å². The van der Waals surface area contributed by atoms with Gasteiger partial charge in [0.2, 0.25) is 0 Å². The molecular formula is C11H17NS. The summed E-state index contributed by atoms with van der Waals surface area (Å²) in [7, 11) is 0. The van der Waals surface area contributed by atoms with E-state index in [0.717, 1.165) is 0 Å². The summed E-state index contributed by atoms with van der Waals surface area (Å²) in [5.74, 6) is 0. The molecule has 13 heavy (non-hydrogen) atoms. The van der Waals surface area contributed by atoms with Crippen LogP contribution in [0.5, 0.6) is 0 Å². The monoisotopic (exact) mass is 195 g/mol. The molecule has 72 valence electrons. The van der Waals surface area contributed by atoms with Crippen LogP contribution in [0.4, 0.5) is 0 Å². The molecule has 0 heterocycles. The molecule has 0 amide bonds. The van der Waals surface area contributed by atoms with Crippen LogP contribution >= 0.6 is 11.8 Å². The van der Waals surface area contributed by atoms with E-state index < -0.39 is 0 Å². The summed E-state index contributed by atoms with van der Waals surface area (Å²) in [5, 5.41) is 0.473. The Morgan fingerprint density at radius 3 is 2.38 bits per heavy atom. The normalized spacial score (nSPS) is 15.4. The van der Waals surface area contributed by atoms with Gasteiger partial charge in [0.1, 0.15) is 0 Å². The standard InChI is InChI=1S/C11H17NS/c1-8-6-4-5-7-11(8)13-10(3)9(2)12/h4-7,9-10H,12H2,1-3H3. The van der Waals surface area contributed by atoms with Crippen molar-refractivity contribution >= 4 is 11.8 Å². The van der Waals surface area contributed by atoms with Crippen LogP contribution in [0.25, 0.3) is 0 Å². The molecule has 0 aromatic heterocycles. The van der Waals surface area contributed by atoms with E-state index in [1.165, 1.54) is 10.5 Å². The Morgan fingerprint density at radius 2 is 1.85 bits per heavy atom. The third kappa shape index (κ3) is 3.05. The Bertz CT molecular complexity index is 271. The summed E-state index contributed by atoms with van der Waals surface area (Å²) in [6, 6.07) is 8.67. The lowest BCUT2D eigenvalue weighted by molar-refractivity contribution is 0.730. The Hall–Kier alpha value is -0.470. The van der Waals surface area contributed by atoms with Gasteiger partial charge >= 0.3 is 0 Å². The molecule has 0 spiro atoms. The molecule has 0 saturated carbocycles. The molecule has 2 N–H and O–H groups in total. The third-order valence-corrected chi connectivity index (χ3v) is 3.66. The lowest BCUT2D eigenvalue weighted by Gasteiger charge is -2.15. The number of hydrogen-bond acceptors (Lipinski definition) is 2. The number of hydrogen-bond donors (Lipinski definition) is 1. The van der Waals surface area contributed by atoms with Crippen LogP contribution in [0.15, 0.2) is 29.2 Å². The van der Waals surface area contributed by atoms with Crippen molar-refractivity contribution in [1.29, 1.82) is 0 Å². The molecule has 0 aliphatic rings. The summed E-state index contributed by atoms with van der Waals surface area (Å²) in [6.07, 6.45) is 0. The van der Waals surface area contributed by atoms with E-state index in [2.05, 4.69) is 45.0 Å². The highest BCUT2D eigenvalue weighted by atomic mass is 32.2. The molecule has 0 radical (unpaired) electrons. The largest absolute Gasteiger partial charge is 0.327 e. The van der Waals surface area contributed by atoms with E-state index in [1.54, 1.807) is 0 Å². The Balaban J connectivity index is 2.69. The van der Waals surface area contributed by atoms with Gasteiger partial charge in [0.15, 0.2) is 0 Å². The van der Waals surface area contributed by atoms with E-state index in [1.807, 2.05) is 11.8 Å². The van der Waals surface area contributed by atoms with Gasteiger partial charge in [-0.05, 0) is 25.5 Å². The van der Waals surface area contributed by atoms with Crippen LogP contribution in [0.1, 0.15) is 19.4 Å². The lowest BCUT2D eigenvalue weighted by Crippen LogP contribution is -2.26. The Morgan fingerprint density at radius 1 is 1.23 bits per heavy atom. The smallest absolute Gasteiger partial charge is 0.0215 e. The fraction of sp³-hybridized carbons (Fsp3) is 0.455. The number of nitrogens with two attached hydrogens (primary N) is 1. The van der Waals surface area contributed by atoms with Crippen LogP contribution in [0, 0.1) is 6.92 Å². The van der Waals surface area contributed by atoms with E-state index >= 15 is 0 Å². The van der Waals surface area contributed by atoms with Crippen LogP contribution < -0.4 is 5.73 Å². The first-order chi connectivity index (χ1) is 6.11. The molecule has 2 unspecified atom stereocenters. The summed E-state index contributed by atoms with van der Waals surface area (Å²) >= 11 is 1.85. The fourth-order valence-electron chi connectivity index (χ4n) is 0.996. The predicted molar refractivity (Wildman–Crippen MR) is 60.1 cm³/mol. The van der Waals surface area contributed by atoms with E-state index in [0.29, 0.717) is 5.25 Å². The molecule has 0 aliphatic heterocycles. The van der Waals surface area contributed by atoms with Gasteiger partial charge in [-0.2, -0.15) is 0 Å². The second kappa shape index (κ2) is 4.68. The first-order valence-electron chi connectivity index (χ1n) is 4.59. The minimum Gasteiger partial charge on any atom is -0.327 e. The van der Waals surface area contributed by atoms with Gasteiger partial charge in [0.05, 0.1) is 0 Å². The minimum absolute atomic E-state index is 0.240. The third-order valence-electron chi connectivity index (χ3n) is 2.15. The molecular weight excluding hydrogens is 178 g/mol. The van der Waals surface area contributed by atoms with Crippen LogP contribution in [-0.4, -0.2) is 11.3 Å². The molecule has 0 aliphatic carbocycles. The van der Waals surface area contributed by atoms with Crippen LogP contribution in [-0.2, 0) is 0 Å². The Labute approximate surface area is 84.7 Å². The first-order valence-corrected chi connectivity index (χ1v) is 5.47.